The first-order chi connectivity index (χ1) is 7.01. The molecule has 0 aromatic carbocycles. The van der Waals surface area contributed by atoms with Gasteiger partial charge in [0.15, 0.2) is 5.96 Å². The number of nitrogens with one attached hydrogen (secondary N) is 3. The molecule has 1 aromatic rings. The summed E-state index contributed by atoms with van der Waals surface area (Å²) in [5, 5.41) is 13.2. The SMILES string of the molecule is CN=C(NCc1ccn[nH]1)NC(C)(C)C. The second-order valence-corrected chi connectivity index (χ2v) is 4.38. The van der Waals surface area contributed by atoms with Crippen molar-refractivity contribution in [3.63, 3.8) is 0 Å². The Morgan fingerprint density at radius 2 is 2.27 bits per heavy atom. The molecule has 5 nitrogen and oxygen atoms in total. The van der Waals surface area contributed by atoms with Crippen LogP contribution < -0.4 is 10.6 Å². The molecule has 0 fully saturated rings. The topological polar surface area (TPSA) is 65.1 Å². The third-order valence-electron chi connectivity index (χ3n) is 1.72. The lowest BCUT2D eigenvalue weighted by molar-refractivity contribution is 0.501. The van der Waals surface area contributed by atoms with Gasteiger partial charge in [-0.25, -0.2) is 0 Å². The predicted octanol–water partition coefficient (Wildman–Crippen LogP) is 0.873. The molecule has 0 atom stereocenters. The number of hydrogen-bond acceptors (Lipinski definition) is 2. The van der Waals surface area contributed by atoms with E-state index in [4.69, 9.17) is 0 Å². The van der Waals surface area contributed by atoms with Crippen LogP contribution in [0.5, 0.6) is 0 Å². The highest BCUT2D eigenvalue weighted by molar-refractivity contribution is 5.80. The molecule has 1 heterocycles. The van der Waals surface area contributed by atoms with E-state index < -0.39 is 0 Å². The van der Waals surface area contributed by atoms with Gasteiger partial charge < -0.3 is 10.6 Å². The van der Waals surface area contributed by atoms with Gasteiger partial charge in [0.2, 0.25) is 0 Å². The molecule has 0 aliphatic heterocycles. The zero-order valence-electron chi connectivity index (χ0n) is 9.76. The van der Waals surface area contributed by atoms with Gasteiger partial charge in [0.25, 0.3) is 0 Å². The van der Waals surface area contributed by atoms with Crippen molar-refractivity contribution in [2.24, 2.45) is 4.99 Å². The summed E-state index contributed by atoms with van der Waals surface area (Å²) in [6, 6.07) is 1.93. The fraction of sp³-hybridized carbons (Fsp3) is 0.600. The first-order valence-electron chi connectivity index (χ1n) is 4.98. The van der Waals surface area contributed by atoms with E-state index in [2.05, 4.69) is 46.6 Å². The van der Waals surface area contributed by atoms with Gasteiger partial charge >= 0.3 is 0 Å². The highest BCUT2D eigenvalue weighted by Gasteiger charge is 2.11. The molecule has 15 heavy (non-hydrogen) atoms. The maximum absolute atomic E-state index is 4.13. The van der Waals surface area contributed by atoms with E-state index in [9.17, 15) is 0 Å². The molecule has 84 valence electrons. The smallest absolute Gasteiger partial charge is 0.191 e. The number of aromatic amines is 1. The Kier molecular flexibility index (Phi) is 3.71. The second-order valence-electron chi connectivity index (χ2n) is 4.38. The molecule has 0 aliphatic rings. The Morgan fingerprint density at radius 1 is 1.53 bits per heavy atom. The summed E-state index contributed by atoms with van der Waals surface area (Å²) in [4.78, 5) is 4.13. The third kappa shape index (κ3) is 4.49. The van der Waals surface area contributed by atoms with E-state index in [0.717, 1.165) is 11.7 Å². The molecule has 0 saturated heterocycles. The molecular weight excluding hydrogens is 190 g/mol. The van der Waals surface area contributed by atoms with Gasteiger partial charge in [-0.05, 0) is 26.8 Å². The Balaban J connectivity index is 2.42. The summed E-state index contributed by atoms with van der Waals surface area (Å²) in [5.74, 6) is 0.789. The van der Waals surface area contributed by atoms with E-state index in [1.165, 1.54) is 0 Å². The van der Waals surface area contributed by atoms with Crippen molar-refractivity contribution in [1.82, 2.24) is 20.8 Å². The lowest BCUT2D eigenvalue weighted by Crippen LogP contribution is -2.47. The van der Waals surface area contributed by atoms with Crippen molar-refractivity contribution < 1.29 is 0 Å². The highest BCUT2D eigenvalue weighted by Crippen LogP contribution is 1.98. The van der Waals surface area contributed by atoms with Gasteiger partial charge in [-0.1, -0.05) is 0 Å². The molecule has 1 rings (SSSR count). The van der Waals surface area contributed by atoms with Crippen LogP contribution in [-0.2, 0) is 6.54 Å². The number of H-pyrrole nitrogens is 1. The standard InChI is InChI=1S/C10H19N5/c1-10(2,3)14-9(11-4)12-7-8-5-6-13-15-8/h5-6H,7H2,1-4H3,(H,13,15)(H2,11,12,14). The maximum atomic E-state index is 4.13. The minimum absolute atomic E-state index is 0.00975. The minimum Gasteiger partial charge on any atom is -0.352 e. The average Bonchev–Trinajstić information content (AvgIpc) is 2.62. The zero-order valence-corrected chi connectivity index (χ0v) is 9.76. The quantitative estimate of drug-likeness (QED) is 0.500. The van der Waals surface area contributed by atoms with Crippen LogP contribution in [0.4, 0.5) is 0 Å². The van der Waals surface area contributed by atoms with Crippen molar-refractivity contribution in [2.45, 2.75) is 32.9 Å². The molecule has 0 amide bonds. The summed E-state index contributed by atoms with van der Waals surface area (Å²) in [5.41, 5.74) is 1.04. The maximum Gasteiger partial charge on any atom is 0.191 e. The van der Waals surface area contributed by atoms with Crippen molar-refractivity contribution in [2.75, 3.05) is 7.05 Å². The first kappa shape index (κ1) is 11.6. The van der Waals surface area contributed by atoms with Crippen LogP contribution in [0.2, 0.25) is 0 Å². The van der Waals surface area contributed by atoms with Crippen LogP contribution in [0.25, 0.3) is 0 Å². The molecular formula is C10H19N5. The molecule has 0 bridgehead atoms. The molecule has 0 aliphatic carbocycles. The average molecular weight is 209 g/mol. The molecule has 3 N–H and O–H groups in total. The largest absolute Gasteiger partial charge is 0.352 e. The summed E-state index contributed by atoms with van der Waals surface area (Å²) in [7, 11) is 1.76. The van der Waals surface area contributed by atoms with Crippen molar-refractivity contribution >= 4 is 5.96 Å². The van der Waals surface area contributed by atoms with Gasteiger partial charge in [0.05, 0.1) is 12.2 Å². The van der Waals surface area contributed by atoms with Gasteiger partial charge in [0.1, 0.15) is 0 Å². The van der Waals surface area contributed by atoms with E-state index in [1.54, 1.807) is 13.2 Å². The number of aliphatic imine (C=N–C) groups is 1. The van der Waals surface area contributed by atoms with E-state index >= 15 is 0 Å². The van der Waals surface area contributed by atoms with Gasteiger partial charge in [-0.2, -0.15) is 5.10 Å². The van der Waals surface area contributed by atoms with Crippen LogP contribution in [0.1, 0.15) is 26.5 Å². The Hall–Kier alpha value is -1.52. The highest BCUT2D eigenvalue weighted by atomic mass is 15.2. The molecule has 0 radical (unpaired) electrons. The van der Waals surface area contributed by atoms with Gasteiger partial charge in [-0.15, -0.1) is 0 Å². The van der Waals surface area contributed by atoms with Gasteiger partial charge in [-0.3, -0.25) is 10.1 Å². The van der Waals surface area contributed by atoms with E-state index in [1.807, 2.05) is 6.07 Å². The Morgan fingerprint density at radius 3 is 2.73 bits per heavy atom. The summed E-state index contributed by atoms with van der Waals surface area (Å²) in [6.45, 7) is 6.97. The van der Waals surface area contributed by atoms with Crippen LogP contribution in [-0.4, -0.2) is 28.7 Å². The van der Waals surface area contributed by atoms with Crippen molar-refractivity contribution in [3.8, 4) is 0 Å². The Bertz CT molecular complexity index is 307. The number of aromatic nitrogens is 2. The Labute approximate surface area is 90.4 Å². The van der Waals surface area contributed by atoms with Crippen LogP contribution in [0, 0.1) is 0 Å². The minimum atomic E-state index is 0.00975. The van der Waals surface area contributed by atoms with E-state index in [-0.39, 0.29) is 5.54 Å². The normalized spacial score (nSPS) is 12.7. The third-order valence-corrected chi connectivity index (χ3v) is 1.72. The van der Waals surface area contributed by atoms with Crippen LogP contribution in [0.15, 0.2) is 17.3 Å². The lowest BCUT2D eigenvalue weighted by Gasteiger charge is -2.23. The van der Waals surface area contributed by atoms with Crippen LogP contribution >= 0.6 is 0 Å². The second kappa shape index (κ2) is 4.82. The summed E-state index contributed by atoms with van der Waals surface area (Å²) < 4.78 is 0. The fourth-order valence-electron chi connectivity index (χ4n) is 1.10. The van der Waals surface area contributed by atoms with Crippen molar-refractivity contribution in [1.29, 1.82) is 0 Å². The zero-order chi connectivity index (χ0) is 11.3. The molecule has 1 aromatic heterocycles. The number of hydrogen-bond donors (Lipinski definition) is 3. The molecule has 5 heteroatoms. The van der Waals surface area contributed by atoms with Crippen LogP contribution in [0.3, 0.4) is 0 Å². The molecule has 0 saturated carbocycles. The first-order valence-corrected chi connectivity index (χ1v) is 4.98. The molecule has 0 spiro atoms. The van der Waals surface area contributed by atoms with Gasteiger partial charge in [0, 0.05) is 18.8 Å². The lowest BCUT2D eigenvalue weighted by atomic mass is 10.1. The predicted molar refractivity (Wildman–Crippen MR) is 61.7 cm³/mol. The summed E-state index contributed by atoms with van der Waals surface area (Å²) >= 11 is 0. The molecule has 0 unspecified atom stereocenters. The summed E-state index contributed by atoms with van der Waals surface area (Å²) in [6.07, 6.45) is 1.73. The van der Waals surface area contributed by atoms with E-state index in [0.29, 0.717) is 6.54 Å². The number of rotatable bonds is 2. The number of nitrogens with zero attached hydrogens (tertiary/aromatic N) is 2. The monoisotopic (exact) mass is 209 g/mol. The van der Waals surface area contributed by atoms with Crippen molar-refractivity contribution in [3.05, 3.63) is 18.0 Å². The number of guanidine groups is 1. The fourth-order valence-corrected chi connectivity index (χ4v) is 1.10.